The van der Waals surface area contributed by atoms with Gasteiger partial charge in [0, 0.05) is 5.56 Å². The second kappa shape index (κ2) is 11.3. The first kappa shape index (κ1) is 18.8. The molecule has 0 aromatic heterocycles. The highest BCUT2D eigenvalue weighted by Gasteiger charge is 2.15. The Balaban J connectivity index is 2.98. The highest BCUT2D eigenvalue weighted by atomic mass is 16.1. The molecule has 8 heteroatoms. The molecule has 1 aromatic rings. The van der Waals surface area contributed by atoms with Gasteiger partial charge in [-0.25, -0.2) is 24.2 Å². The predicted molar refractivity (Wildman–Crippen MR) is 84.3 cm³/mol. The minimum Gasteiger partial charge on any atom is -0.211 e. The topological polar surface area (TPSA) is 118 Å². The molecule has 1 atom stereocenters. The average Bonchev–Trinajstić information content (AvgIpc) is 2.59. The SMILES string of the molecule is O=C=NCCCCCC(N=C=O)c1cc(N=C=O)ccc1N=C=O. The van der Waals surface area contributed by atoms with Gasteiger partial charge in [0.1, 0.15) is 0 Å². The first-order valence-electron chi connectivity index (χ1n) is 7.17. The molecule has 0 bridgehead atoms. The molecule has 0 aliphatic carbocycles. The molecule has 0 aliphatic heterocycles. The summed E-state index contributed by atoms with van der Waals surface area (Å²) >= 11 is 0. The maximum Gasteiger partial charge on any atom is 0.240 e. The number of aliphatic imine (C=N–C) groups is 4. The van der Waals surface area contributed by atoms with E-state index in [4.69, 9.17) is 0 Å². The van der Waals surface area contributed by atoms with Gasteiger partial charge in [0.2, 0.25) is 24.3 Å². The fraction of sp³-hybridized carbons (Fsp3) is 0.375. The van der Waals surface area contributed by atoms with Gasteiger partial charge in [-0.1, -0.05) is 12.8 Å². The van der Waals surface area contributed by atoms with E-state index < -0.39 is 6.04 Å². The predicted octanol–water partition coefficient (Wildman–Crippen LogP) is 2.89. The summed E-state index contributed by atoms with van der Waals surface area (Å²) in [6.45, 7) is 0.398. The van der Waals surface area contributed by atoms with Crippen LogP contribution in [0.1, 0.15) is 37.3 Å². The smallest absolute Gasteiger partial charge is 0.211 e. The summed E-state index contributed by atoms with van der Waals surface area (Å²) in [7, 11) is 0. The van der Waals surface area contributed by atoms with E-state index in [-0.39, 0.29) is 0 Å². The van der Waals surface area contributed by atoms with Crippen molar-refractivity contribution in [1.29, 1.82) is 0 Å². The van der Waals surface area contributed by atoms with E-state index in [9.17, 15) is 19.2 Å². The van der Waals surface area contributed by atoms with Gasteiger partial charge >= 0.3 is 0 Å². The molecule has 0 heterocycles. The van der Waals surface area contributed by atoms with Crippen LogP contribution in [0, 0.1) is 0 Å². The van der Waals surface area contributed by atoms with Gasteiger partial charge in [0.25, 0.3) is 0 Å². The van der Waals surface area contributed by atoms with Gasteiger partial charge in [0.15, 0.2) is 0 Å². The number of benzene rings is 1. The van der Waals surface area contributed by atoms with Crippen molar-refractivity contribution in [3.05, 3.63) is 23.8 Å². The molecule has 0 saturated heterocycles. The standard InChI is InChI=1S/C16H14N4O4/c21-9-17-7-3-1-2-4-15(19-11-23)14-8-13(18-10-22)5-6-16(14)20-12-24/h5-6,8,15H,1-4,7H2. The third kappa shape index (κ3) is 6.24. The van der Waals surface area contributed by atoms with Crippen molar-refractivity contribution in [1.82, 2.24) is 0 Å². The van der Waals surface area contributed by atoms with Crippen LogP contribution in [0.4, 0.5) is 11.4 Å². The average molecular weight is 326 g/mol. The quantitative estimate of drug-likeness (QED) is 0.373. The van der Waals surface area contributed by atoms with Gasteiger partial charge in [-0.05, 0) is 31.0 Å². The van der Waals surface area contributed by atoms with Crippen molar-refractivity contribution in [2.24, 2.45) is 20.0 Å². The largest absolute Gasteiger partial charge is 0.240 e. The molecule has 24 heavy (non-hydrogen) atoms. The Bertz CT molecular complexity index is 751. The number of nitrogens with zero attached hydrogens (tertiary/aromatic N) is 4. The van der Waals surface area contributed by atoms with Gasteiger partial charge in [-0.15, -0.1) is 0 Å². The zero-order valence-electron chi connectivity index (χ0n) is 12.8. The normalized spacial score (nSPS) is 10.3. The second-order valence-corrected chi connectivity index (χ2v) is 4.71. The van der Waals surface area contributed by atoms with Crippen molar-refractivity contribution in [2.45, 2.75) is 31.7 Å². The third-order valence-corrected chi connectivity index (χ3v) is 3.23. The number of unbranched alkanes of at least 4 members (excludes halogenated alkanes) is 2. The van der Waals surface area contributed by atoms with Crippen LogP contribution in [-0.2, 0) is 19.2 Å². The van der Waals surface area contributed by atoms with Crippen molar-refractivity contribution in [2.75, 3.05) is 6.54 Å². The van der Waals surface area contributed by atoms with Gasteiger partial charge < -0.3 is 0 Å². The summed E-state index contributed by atoms with van der Waals surface area (Å²) in [6.07, 6.45) is 8.52. The molecule has 122 valence electrons. The number of rotatable bonds is 10. The molecule has 0 saturated carbocycles. The van der Waals surface area contributed by atoms with Crippen LogP contribution in [0.25, 0.3) is 0 Å². The lowest BCUT2D eigenvalue weighted by Crippen LogP contribution is -1.97. The molecule has 0 N–H and O–H groups in total. The first-order chi connectivity index (χ1) is 11.8. The zero-order chi connectivity index (χ0) is 17.6. The maximum atomic E-state index is 10.7. The van der Waals surface area contributed by atoms with E-state index in [1.807, 2.05) is 0 Å². The molecular weight excluding hydrogens is 312 g/mol. The molecule has 0 amide bonds. The Labute approximate surface area is 137 Å². The molecule has 1 rings (SSSR count). The Morgan fingerprint density at radius 2 is 1.67 bits per heavy atom. The molecule has 0 spiro atoms. The summed E-state index contributed by atoms with van der Waals surface area (Å²) in [4.78, 5) is 55.9. The summed E-state index contributed by atoms with van der Waals surface area (Å²) in [6, 6.07) is 3.92. The molecule has 8 nitrogen and oxygen atoms in total. The molecule has 1 unspecified atom stereocenters. The van der Waals surface area contributed by atoms with Gasteiger partial charge in [-0.3, -0.25) is 0 Å². The van der Waals surface area contributed by atoms with Crippen LogP contribution in [0.5, 0.6) is 0 Å². The maximum absolute atomic E-state index is 10.7. The molecular formula is C16H14N4O4. The van der Waals surface area contributed by atoms with Crippen molar-refractivity contribution >= 4 is 35.7 Å². The Hall–Kier alpha value is -3.26. The lowest BCUT2D eigenvalue weighted by molar-refractivity contribution is 0.540. The van der Waals surface area contributed by atoms with E-state index in [0.717, 1.165) is 6.42 Å². The van der Waals surface area contributed by atoms with Crippen molar-refractivity contribution < 1.29 is 19.2 Å². The fourth-order valence-electron chi connectivity index (χ4n) is 2.19. The highest BCUT2D eigenvalue weighted by Crippen LogP contribution is 2.34. The minimum absolute atomic E-state index is 0.296. The van der Waals surface area contributed by atoms with Gasteiger partial charge in [-0.2, -0.15) is 15.0 Å². The monoisotopic (exact) mass is 326 g/mol. The van der Waals surface area contributed by atoms with E-state index in [2.05, 4.69) is 20.0 Å². The number of hydrogen-bond acceptors (Lipinski definition) is 8. The van der Waals surface area contributed by atoms with Crippen LogP contribution in [-0.4, -0.2) is 30.9 Å². The summed E-state index contributed by atoms with van der Waals surface area (Å²) in [5.41, 5.74) is 1.09. The van der Waals surface area contributed by atoms with Crippen LogP contribution in [0.15, 0.2) is 38.2 Å². The van der Waals surface area contributed by atoms with Crippen LogP contribution >= 0.6 is 0 Å². The fourth-order valence-corrected chi connectivity index (χ4v) is 2.19. The zero-order valence-corrected chi connectivity index (χ0v) is 12.8. The third-order valence-electron chi connectivity index (χ3n) is 3.23. The molecule has 0 radical (unpaired) electrons. The lowest BCUT2D eigenvalue weighted by Gasteiger charge is -2.13. The lowest BCUT2D eigenvalue weighted by atomic mass is 9.98. The summed E-state index contributed by atoms with van der Waals surface area (Å²) < 4.78 is 0. The Kier molecular flexibility index (Phi) is 8.87. The van der Waals surface area contributed by atoms with E-state index >= 15 is 0 Å². The molecule has 0 aliphatic rings. The second-order valence-electron chi connectivity index (χ2n) is 4.71. The van der Waals surface area contributed by atoms with Crippen LogP contribution in [0.2, 0.25) is 0 Å². The van der Waals surface area contributed by atoms with Crippen LogP contribution in [0.3, 0.4) is 0 Å². The van der Waals surface area contributed by atoms with Crippen molar-refractivity contribution in [3.8, 4) is 0 Å². The Morgan fingerprint density at radius 1 is 0.875 bits per heavy atom. The number of isocyanates is 4. The van der Waals surface area contributed by atoms with Crippen molar-refractivity contribution in [3.63, 3.8) is 0 Å². The van der Waals surface area contributed by atoms with E-state index in [1.54, 1.807) is 0 Å². The molecule has 0 fully saturated rings. The van der Waals surface area contributed by atoms with E-state index in [0.29, 0.717) is 42.7 Å². The first-order valence-corrected chi connectivity index (χ1v) is 7.17. The Morgan fingerprint density at radius 3 is 2.33 bits per heavy atom. The number of hydrogen-bond donors (Lipinski definition) is 0. The summed E-state index contributed by atoms with van der Waals surface area (Å²) in [5.74, 6) is 0. The van der Waals surface area contributed by atoms with Crippen LogP contribution < -0.4 is 0 Å². The van der Waals surface area contributed by atoms with Gasteiger partial charge in [0.05, 0.1) is 24.0 Å². The molecule has 1 aromatic carbocycles. The van der Waals surface area contributed by atoms with E-state index in [1.165, 1.54) is 42.5 Å². The highest BCUT2D eigenvalue weighted by molar-refractivity contribution is 5.61. The summed E-state index contributed by atoms with van der Waals surface area (Å²) in [5, 5.41) is 0. The number of carbonyl (C=O) groups excluding carboxylic acids is 4. The minimum atomic E-state index is -0.578.